The van der Waals surface area contributed by atoms with E-state index in [1.54, 1.807) is 0 Å². The molecule has 0 aliphatic carbocycles. The number of hydrogen-bond donors (Lipinski definition) is 1. The number of halogens is 1. The standard InChI is InChI=1S/C26H36N4O2.HI/c1-2-27-26(30-15-13-29(14-16-30)24-9-4-3-5-10-24)28-20-22-7-6-8-23(19-22)21-32-25-11-17-31-18-12-25;/h3-10,19,25H,2,11-18,20-21H2,1H3,(H,27,28);1H. The van der Waals surface area contributed by atoms with E-state index in [9.17, 15) is 0 Å². The van der Waals surface area contributed by atoms with Gasteiger partial charge in [0.05, 0.1) is 19.3 Å². The van der Waals surface area contributed by atoms with Gasteiger partial charge in [-0.25, -0.2) is 4.99 Å². The van der Waals surface area contributed by atoms with Crippen molar-refractivity contribution in [2.45, 2.75) is 39.0 Å². The number of anilines is 1. The molecule has 2 fully saturated rings. The maximum absolute atomic E-state index is 6.09. The second-order valence-corrected chi connectivity index (χ2v) is 8.42. The summed E-state index contributed by atoms with van der Waals surface area (Å²) in [5, 5.41) is 3.48. The lowest BCUT2D eigenvalue weighted by molar-refractivity contribution is -0.0390. The molecule has 2 saturated heterocycles. The predicted octanol–water partition coefficient (Wildman–Crippen LogP) is 4.29. The van der Waals surface area contributed by atoms with Crippen LogP contribution in [0.5, 0.6) is 0 Å². The van der Waals surface area contributed by atoms with E-state index in [0.717, 1.165) is 64.7 Å². The molecule has 0 amide bonds. The minimum absolute atomic E-state index is 0. The third-order valence-electron chi connectivity index (χ3n) is 6.09. The van der Waals surface area contributed by atoms with Crippen LogP contribution in [0, 0.1) is 0 Å². The van der Waals surface area contributed by atoms with E-state index >= 15 is 0 Å². The first-order chi connectivity index (χ1) is 15.8. The summed E-state index contributed by atoms with van der Waals surface area (Å²) in [6.07, 6.45) is 2.31. The molecule has 0 radical (unpaired) electrons. The smallest absolute Gasteiger partial charge is 0.194 e. The Balaban J connectivity index is 0.00000306. The summed E-state index contributed by atoms with van der Waals surface area (Å²) in [6, 6.07) is 19.3. The highest BCUT2D eigenvalue weighted by atomic mass is 127. The third kappa shape index (κ3) is 7.86. The van der Waals surface area contributed by atoms with Gasteiger partial charge in [0.2, 0.25) is 0 Å². The van der Waals surface area contributed by atoms with Gasteiger partial charge in [-0.3, -0.25) is 0 Å². The molecule has 0 aromatic heterocycles. The lowest BCUT2D eigenvalue weighted by Gasteiger charge is -2.37. The van der Waals surface area contributed by atoms with Crippen molar-refractivity contribution in [3.8, 4) is 0 Å². The molecule has 33 heavy (non-hydrogen) atoms. The van der Waals surface area contributed by atoms with E-state index in [2.05, 4.69) is 76.6 Å². The average Bonchev–Trinajstić information content (AvgIpc) is 2.87. The Morgan fingerprint density at radius 2 is 1.73 bits per heavy atom. The van der Waals surface area contributed by atoms with Crippen LogP contribution >= 0.6 is 24.0 Å². The van der Waals surface area contributed by atoms with Crippen LogP contribution in [0.2, 0.25) is 0 Å². The van der Waals surface area contributed by atoms with Crippen LogP contribution in [0.1, 0.15) is 30.9 Å². The Labute approximate surface area is 215 Å². The largest absolute Gasteiger partial charge is 0.381 e. The number of aliphatic imine (C=N–C) groups is 1. The Morgan fingerprint density at radius 3 is 2.45 bits per heavy atom. The first-order valence-corrected chi connectivity index (χ1v) is 11.9. The molecule has 7 heteroatoms. The molecular formula is C26H37IN4O2. The molecule has 0 saturated carbocycles. The number of piperazine rings is 1. The van der Waals surface area contributed by atoms with Gasteiger partial charge >= 0.3 is 0 Å². The molecule has 0 atom stereocenters. The topological polar surface area (TPSA) is 49.3 Å². The molecule has 0 unspecified atom stereocenters. The van der Waals surface area contributed by atoms with Crippen molar-refractivity contribution in [3.63, 3.8) is 0 Å². The van der Waals surface area contributed by atoms with Crippen LogP contribution in [-0.2, 0) is 22.6 Å². The number of guanidine groups is 1. The zero-order valence-corrected chi connectivity index (χ0v) is 21.9. The van der Waals surface area contributed by atoms with Crippen molar-refractivity contribution in [1.29, 1.82) is 0 Å². The average molecular weight is 565 g/mol. The maximum Gasteiger partial charge on any atom is 0.194 e. The first-order valence-electron chi connectivity index (χ1n) is 11.9. The fraction of sp³-hybridized carbons (Fsp3) is 0.500. The van der Waals surface area contributed by atoms with Crippen molar-refractivity contribution in [2.24, 2.45) is 4.99 Å². The molecule has 2 aliphatic heterocycles. The lowest BCUT2D eigenvalue weighted by Crippen LogP contribution is -2.52. The molecule has 2 heterocycles. The normalized spacial score (nSPS) is 17.5. The van der Waals surface area contributed by atoms with Gasteiger partial charge in [0.15, 0.2) is 5.96 Å². The summed E-state index contributed by atoms with van der Waals surface area (Å²) in [5.74, 6) is 1.00. The highest BCUT2D eigenvalue weighted by Crippen LogP contribution is 2.17. The van der Waals surface area contributed by atoms with E-state index in [-0.39, 0.29) is 24.0 Å². The summed E-state index contributed by atoms with van der Waals surface area (Å²) >= 11 is 0. The van der Waals surface area contributed by atoms with Gasteiger partial charge < -0.3 is 24.6 Å². The lowest BCUT2D eigenvalue weighted by atomic mass is 10.1. The van der Waals surface area contributed by atoms with Gasteiger partial charge in [-0.05, 0) is 43.0 Å². The SMILES string of the molecule is CCNC(=NCc1cccc(COC2CCOCC2)c1)N1CCN(c2ccccc2)CC1.I. The van der Waals surface area contributed by atoms with Crippen LogP contribution in [0.25, 0.3) is 0 Å². The van der Waals surface area contributed by atoms with Crippen molar-refractivity contribution in [3.05, 3.63) is 65.7 Å². The zero-order chi connectivity index (χ0) is 22.0. The van der Waals surface area contributed by atoms with Crippen molar-refractivity contribution in [2.75, 3.05) is 50.8 Å². The number of hydrogen-bond acceptors (Lipinski definition) is 4. The van der Waals surface area contributed by atoms with Crippen molar-refractivity contribution < 1.29 is 9.47 Å². The number of nitrogens with zero attached hydrogens (tertiary/aromatic N) is 3. The first kappa shape index (κ1) is 25.8. The van der Waals surface area contributed by atoms with Crippen LogP contribution in [-0.4, -0.2) is 62.9 Å². The summed E-state index contributed by atoms with van der Waals surface area (Å²) in [4.78, 5) is 9.77. The zero-order valence-electron chi connectivity index (χ0n) is 19.6. The highest BCUT2D eigenvalue weighted by molar-refractivity contribution is 14.0. The second kappa shape index (κ2) is 13.8. The van der Waals surface area contributed by atoms with Crippen molar-refractivity contribution in [1.82, 2.24) is 10.2 Å². The minimum Gasteiger partial charge on any atom is -0.381 e. The number of para-hydroxylation sites is 1. The second-order valence-electron chi connectivity index (χ2n) is 8.42. The molecule has 4 rings (SSSR count). The molecule has 6 nitrogen and oxygen atoms in total. The van der Waals surface area contributed by atoms with Gasteiger partial charge in [0.25, 0.3) is 0 Å². The van der Waals surface area contributed by atoms with Gasteiger partial charge in [-0.15, -0.1) is 24.0 Å². The van der Waals surface area contributed by atoms with E-state index in [1.807, 2.05) is 0 Å². The van der Waals surface area contributed by atoms with Gasteiger partial charge in [-0.1, -0.05) is 42.5 Å². The van der Waals surface area contributed by atoms with E-state index in [1.165, 1.54) is 16.8 Å². The van der Waals surface area contributed by atoms with E-state index in [0.29, 0.717) is 19.3 Å². The molecule has 1 N–H and O–H groups in total. The molecule has 2 aromatic rings. The van der Waals surface area contributed by atoms with Gasteiger partial charge in [0, 0.05) is 51.6 Å². The quantitative estimate of drug-likeness (QED) is 0.309. The van der Waals surface area contributed by atoms with E-state index < -0.39 is 0 Å². The number of rotatable bonds is 7. The summed E-state index contributed by atoms with van der Waals surface area (Å²) < 4.78 is 11.5. The van der Waals surface area contributed by atoms with Crippen molar-refractivity contribution >= 4 is 35.6 Å². The number of nitrogens with one attached hydrogen (secondary N) is 1. The highest BCUT2D eigenvalue weighted by Gasteiger charge is 2.19. The third-order valence-corrected chi connectivity index (χ3v) is 6.09. The number of ether oxygens (including phenoxy) is 2. The molecule has 2 aliphatic rings. The summed E-state index contributed by atoms with van der Waals surface area (Å²) in [7, 11) is 0. The Kier molecular flexibility index (Phi) is 10.8. The number of benzene rings is 2. The Hall–Kier alpha value is -1.84. The Morgan fingerprint density at radius 1 is 1.00 bits per heavy atom. The molecule has 0 spiro atoms. The molecular weight excluding hydrogens is 527 g/mol. The fourth-order valence-corrected chi connectivity index (χ4v) is 4.28. The predicted molar refractivity (Wildman–Crippen MR) is 146 cm³/mol. The van der Waals surface area contributed by atoms with Gasteiger partial charge in [0.1, 0.15) is 0 Å². The molecule has 2 aromatic carbocycles. The summed E-state index contributed by atoms with van der Waals surface area (Å²) in [5.41, 5.74) is 3.73. The maximum atomic E-state index is 6.09. The fourth-order valence-electron chi connectivity index (χ4n) is 4.28. The van der Waals surface area contributed by atoms with Crippen LogP contribution < -0.4 is 10.2 Å². The van der Waals surface area contributed by atoms with Crippen LogP contribution in [0.15, 0.2) is 59.6 Å². The minimum atomic E-state index is 0. The monoisotopic (exact) mass is 564 g/mol. The Bertz CT molecular complexity index is 850. The molecule has 0 bridgehead atoms. The van der Waals surface area contributed by atoms with Crippen LogP contribution in [0.4, 0.5) is 5.69 Å². The van der Waals surface area contributed by atoms with Gasteiger partial charge in [-0.2, -0.15) is 0 Å². The van der Waals surface area contributed by atoms with Crippen LogP contribution in [0.3, 0.4) is 0 Å². The summed E-state index contributed by atoms with van der Waals surface area (Å²) in [6.45, 7) is 9.91. The van der Waals surface area contributed by atoms with E-state index in [4.69, 9.17) is 14.5 Å². The molecule has 180 valence electrons.